The van der Waals surface area contributed by atoms with Gasteiger partial charge in [-0.05, 0) is 32.6 Å². The van der Waals surface area contributed by atoms with E-state index in [0.717, 1.165) is 19.7 Å². The average Bonchev–Trinajstić information content (AvgIpc) is 2.82. The number of ether oxygens (including phenoxy) is 1. The summed E-state index contributed by atoms with van der Waals surface area (Å²) in [5, 5.41) is 3.72. The molecule has 2 heterocycles. The maximum Gasteiger partial charge on any atom is 0.0702 e. The molecule has 2 rings (SSSR count). The molecule has 0 aromatic heterocycles. The van der Waals surface area contributed by atoms with Gasteiger partial charge in [0.2, 0.25) is 0 Å². The Balaban J connectivity index is 1.94. The van der Waals surface area contributed by atoms with Gasteiger partial charge in [0, 0.05) is 37.8 Å². The van der Waals surface area contributed by atoms with Crippen molar-refractivity contribution >= 4 is 0 Å². The van der Waals surface area contributed by atoms with Crippen molar-refractivity contribution in [2.45, 2.75) is 64.1 Å². The quantitative estimate of drug-likeness (QED) is 0.813. The van der Waals surface area contributed by atoms with Crippen LogP contribution in [0.2, 0.25) is 0 Å². The molecule has 0 aromatic carbocycles. The second kappa shape index (κ2) is 5.68. The van der Waals surface area contributed by atoms with Gasteiger partial charge in [-0.1, -0.05) is 13.8 Å². The number of nitrogens with one attached hydrogen (secondary N) is 1. The van der Waals surface area contributed by atoms with Gasteiger partial charge in [-0.2, -0.15) is 0 Å². The van der Waals surface area contributed by atoms with Crippen molar-refractivity contribution in [3.63, 3.8) is 0 Å². The highest BCUT2D eigenvalue weighted by Gasteiger charge is 2.35. The number of piperazine rings is 1. The Labute approximate surface area is 106 Å². The molecule has 1 N–H and O–H groups in total. The topological polar surface area (TPSA) is 24.5 Å². The molecule has 0 aliphatic carbocycles. The smallest absolute Gasteiger partial charge is 0.0702 e. The van der Waals surface area contributed by atoms with E-state index in [1.54, 1.807) is 0 Å². The first kappa shape index (κ1) is 13.3. The minimum atomic E-state index is 0.296. The standard InChI is InChI=1S/C14H28N2O/c1-4-12-9-15-14(3,5-2)11-16(12)10-13-7-6-8-17-13/h12-13,15H,4-11H2,1-3H3. The van der Waals surface area contributed by atoms with Crippen LogP contribution in [0, 0.1) is 0 Å². The van der Waals surface area contributed by atoms with Gasteiger partial charge >= 0.3 is 0 Å². The second-order valence-corrected chi connectivity index (χ2v) is 5.92. The van der Waals surface area contributed by atoms with Crippen LogP contribution in [0.5, 0.6) is 0 Å². The maximum atomic E-state index is 5.79. The minimum Gasteiger partial charge on any atom is -0.377 e. The van der Waals surface area contributed by atoms with E-state index < -0.39 is 0 Å². The molecule has 2 saturated heterocycles. The zero-order chi connectivity index (χ0) is 12.3. The van der Waals surface area contributed by atoms with E-state index in [-0.39, 0.29) is 0 Å². The zero-order valence-corrected chi connectivity index (χ0v) is 11.7. The highest BCUT2D eigenvalue weighted by Crippen LogP contribution is 2.23. The van der Waals surface area contributed by atoms with Crippen molar-refractivity contribution < 1.29 is 4.74 Å². The number of rotatable bonds is 4. The highest BCUT2D eigenvalue weighted by atomic mass is 16.5. The third-order valence-electron chi connectivity index (χ3n) is 4.55. The van der Waals surface area contributed by atoms with Crippen molar-refractivity contribution in [1.29, 1.82) is 0 Å². The molecule has 3 heteroatoms. The summed E-state index contributed by atoms with van der Waals surface area (Å²) in [5.41, 5.74) is 0.296. The van der Waals surface area contributed by atoms with Crippen molar-refractivity contribution in [2.75, 3.05) is 26.2 Å². The Morgan fingerprint density at radius 1 is 1.41 bits per heavy atom. The average molecular weight is 240 g/mol. The van der Waals surface area contributed by atoms with Crippen LogP contribution < -0.4 is 5.32 Å². The Hall–Kier alpha value is -0.120. The fraction of sp³-hybridized carbons (Fsp3) is 1.00. The molecule has 0 aromatic rings. The molecular formula is C14H28N2O. The van der Waals surface area contributed by atoms with E-state index in [0.29, 0.717) is 17.7 Å². The van der Waals surface area contributed by atoms with Gasteiger partial charge < -0.3 is 10.1 Å². The van der Waals surface area contributed by atoms with Crippen LogP contribution in [0.4, 0.5) is 0 Å². The summed E-state index contributed by atoms with van der Waals surface area (Å²) in [6.07, 6.45) is 5.43. The zero-order valence-electron chi connectivity index (χ0n) is 11.7. The first-order valence-corrected chi connectivity index (χ1v) is 7.27. The summed E-state index contributed by atoms with van der Waals surface area (Å²) in [6, 6.07) is 0.693. The summed E-state index contributed by atoms with van der Waals surface area (Å²) in [4.78, 5) is 2.66. The molecule has 0 saturated carbocycles. The van der Waals surface area contributed by atoms with Crippen LogP contribution in [-0.2, 0) is 4.74 Å². The van der Waals surface area contributed by atoms with E-state index in [1.807, 2.05) is 0 Å². The van der Waals surface area contributed by atoms with Gasteiger partial charge in [-0.25, -0.2) is 0 Å². The SMILES string of the molecule is CCC1CNC(C)(CC)CN1CC1CCCO1. The van der Waals surface area contributed by atoms with Crippen LogP contribution in [0.15, 0.2) is 0 Å². The first-order valence-electron chi connectivity index (χ1n) is 7.27. The lowest BCUT2D eigenvalue weighted by Crippen LogP contribution is -2.63. The van der Waals surface area contributed by atoms with Gasteiger partial charge in [0.15, 0.2) is 0 Å². The van der Waals surface area contributed by atoms with Crippen LogP contribution in [0.3, 0.4) is 0 Å². The van der Waals surface area contributed by atoms with E-state index >= 15 is 0 Å². The monoisotopic (exact) mass is 240 g/mol. The predicted octanol–water partition coefficient (Wildman–Crippen LogP) is 2.02. The molecular weight excluding hydrogens is 212 g/mol. The van der Waals surface area contributed by atoms with E-state index in [2.05, 4.69) is 31.0 Å². The molecule has 3 nitrogen and oxygen atoms in total. The van der Waals surface area contributed by atoms with E-state index in [4.69, 9.17) is 4.74 Å². The van der Waals surface area contributed by atoms with E-state index in [9.17, 15) is 0 Å². The van der Waals surface area contributed by atoms with E-state index in [1.165, 1.54) is 32.2 Å². The summed E-state index contributed by atoms with van der Waals surface area (Å²) in [6.45, 7) is 11.3. The Kier molecular flexibility index (Phi) is 4.45. The minimum absolute atomic E-state index is 0.296. The van der Waals surface area contributed by atoms with Crippen molar-refractivity contribution in [1.82, 2.24) is 10.2 Å². The third kappa shape index (κ3) is 3.21. The Bertz CT molecular complexity index is 240. The van der Waals surface area contributed by atoms with Gasteiger partial charge in [0.25, 0.3) is 0 Å². The van der Waals surface area contributed by atoms with Crippen LogP contribution >= 0.6 is 0 Å². The summed E-state index contributed by atoms with van der Waals surface area (Å²) < 4.78 is 5.79. The predicted molar refractivity (Wildman–Crippen MR) is 71.3 cm³/mol. The molecule has 0 bridgehead atoms. The lowest BCUT2D eigenvalue weighted by atomic mass is 9.92. The Morgan fingerprint density at radius 2 is 2.24 bits per heavy atom. The second-order valence-electron chi connectivity index (χ2n) is 5.92. The van der Waals surface area contributed by atoms with Gasteiger partial charge in [-0.15, -0.1) is 0 Å². The molecule has 100 valence electrons. The third-order valence-corrected chi connectivity index (χ3v) is 4.55. The van der Waals surface area contributed by atoms with Crippen LogP contribution in [0.1, 0.15) is 46.5 Å². The normalized spacial score (nSPS) is 39.7. The number of hydrogen-bond donors (Lipinski definition) is 1. The van der Waals surface area contributed by atoms with Gasteiger partial charge in [0.05, 0.1) is 6.10 Å². The molecule has 0 spiro atoms. The molecule has 0 radical (unpaired) electrons. The number of nitrogens with zero attached hydrogens (tertiary/aromatic N) is 1. The van der Waals surface area contributed by atoms with Gasteiger partial charge in [0.1, 0.15) is 0 Å². The highest BCUT2D eigenvalue weighted by molar-refractivity contribution is 4.94. The van der Waals surface area contributed by atoms with Crippen LogP contribution in [-0.4, -0.2) is 48.8 Å². The van der Waals surface area contributed by atoms with Gasteiger partial charge in [-0.3, -0.25) is 4.90 Å². The molecule has 2 fully saturated rings. The fourth-order valence-corrected chi connectivity index (χ4v) is 3.03. The van der Waals surface area contributed by atoms with Crippen molar-refractivity contribution in [3.05, 3.63) is 0 Å². The molecule has 3 atom stereocenters. The first-order chi connectivity index (χ1) is 8.17. The summed E-state index contributed by atoms with van der Waals surface area (Å²) in [5.74, 6) is 0. The Morgan fingerprint density at radius 3 is 2.82 bits per heavy atom. The molecule has 3 unspecified atom stereocenters. The largest absolute Gasteiger partial charge is 0.377 e. The lowest BCUT2D eigenvalue weighted by Gasteiger charge is -2.46. The molecule has 2 aliphatic rings. The van der Waals surface area contributed by atoms with Crippen molar-refractivity contribution in [3.8, 4) is 0 Å². The summed E-state index contributed by atoms with van der Waals surface area (Å²) in [7, 11) is 0. The molecule has 0 amide bonds. The molecule has 2 aliphatic heterocycles. The number of hydrogen-bond acceptors (Lipinski definition) is 3. The van der Waals surface area contributed by atoms with Crippen LogP contribution in [0.25, 0.3) is 0 Å². The fourth-order valence-electron chi connectivity index (χ4n) is 3.03. The maximum absolute atomic E-state index is 5.79. The molecule has 17 heavy (non-hydrogen) atoms. The lowest BCUT2D eigenvalue weighted by molar-refractivity contribution is 0.0211. The summed E-state index contributed by atoms with van der Waals surface area (Å²) >= 11 is 0. The van der Waals surface area contributed by atoms with Crippen molar-refractivity contribution in [2.24, 2.45) is 0 Å².